The van der Waals surface area contributed by atoms with E-state index < -0.39 is 0 Å². The molecule has 1 fully saturated rings. The van der Waals surface area contributed by atoms with E-state index in [0.717, 1.165) is 10.2 Å². The van der Waals surface area contributed by atoms with Gasteiger partial charge in [0.25, 0.3) is 0 Å². The van der Waals surface area contributed by atoms with Crippen molar-refractivity contribution in [2.45, 2.75) is 31.7 Å². The third-order valence-corrected chi connectivity index (χ3v) is 4.09. The summed E-state index contributed by atoms with van der Waals surface area (Å²) < 4.78 is 6.56. The lowest BCUT2D eigenvalue weighted by Crippen LogP contribution is -2.41. The lowest BCUT2D eigenvalue weighted by atomic mass is 10.2. The highest BCUT2D eigenvalue weighted by Gasteiger charge is 2.30. The van der Waals surface area contributed by atoms with Gasteiger partial charge in [-0.1, -0.05) is 12.1 Å². The molecule has 20 heavy (non-hydrogen) atoms. The first-order chi connectivity index (χ1) is 9.70. The molecule has 5 heteroatoms. The number of para-hydroxylation sites is 1. The molecular weight excluding hydrogens is 320 g/mol. The SMILES string of the molecule is NCC(NC(=O)CCCOc1ccccc1Br)C1CC1. The van der Waals surface area contributed by atoms with Crippen LogP contribution in [-0.2, 0) is 4.79 Å². The number of carbonyl (C=O) groups is 1. The quantitative estimate of drug-likeness (QED) is 0.714. The van der Waals surface area contributed by atoms with E-state index in [1.54, 1.807) is 0 Å². The zero-order valence-electron chi connectivity index (χ0n) is 11.5. The number of amides is 1. The molecule has 4 nitrogen and oxygen atoms in total. The number of hydrogen-bond donors (Lipinski definition) is 2. The Morgan fingerprint density at radius 2 is 2.20 bits per heavy atom. The van der Waals surface area contributed by atoms with E-state index in [-0.39, 0.29) is 11.9 Å². The predicted octanol–water partition coefficient (Wildman–Crippen LogP) is 2.46. The van der Waals surface area contributed by atoms with Crippen molar-refractivity contribution in [1.82, 2.24) is 5.32 Å². The van der Waals surface area contributed by atoms with Gasteiger partial charge in [0.15, 0.2) is 0 Å². The topological polar surface area (TPSA) is 64.3 Å². The number of rotatable bonds is 8. The van der Waals surface area contributed by atoms with Crippen molar-refractivity contribution >= 4 is 21.8 Å². The molecule has 1 aromatic rings. The highest BCUT2D eigenvalue weighted by molar-refractivity contribution is 9.10. The molecule has 0 aliphatic heterocycles. The van der Waals surface area contributed by atoms with Gasteiger partial charge in [0.2, 0.25) is 5.91 Å². The summed E-state index contributed by atoms with van der Waals surface area (Å²) in [5.74, 6) is 1.48. The second-order valence-electron chi connectivity index (χ2n) is 5.13. The Balaban J connectivity index is 1.63. The summed E-state index contributed by atoms with van der Waals surface area (Å²) in [5, 5.41) is 3.01. The molecule has 1 atom stereocenters. The smallest absolute Gasteiger partial charge is 0.220 e. The van der Waals surface area contributed by atoms with Crippen LogP contribution in [0.5, 0.6) is 5.75 Å². The second kappa shape index (κ2) is 7.64. The van der Waals surface area contributed by atoms with Gasteiger partial charge in [0.05, 0.1) is 11.1 Å². The van der Waals surface area contributed by atoms with Crippen molar-refractivity contribution in [3.63, 3.8) is 0 Å². The summed E-state index contributed by atoms with van der Waals surface area (Å²) in [4.78, 5) is 11.8. The number of nitrogens with one attached hydrogen (secondary N) is 1. The predicted molar refractivity (Wildman–Crippen MR) is 82.6 cm³/mol. The van der Waals surface area contributed by atoms with Crippen LogP contribution in [0.25, 0.3) is 0 Å². The molecule has 1 amide bonds. The summed E-state index contributed by atoms with van der Waals surface area (Å²) in [6, 6.07) is 7.86. The molecule has 1 saturated carbocycles. The highest BCUT2D eigenvalue weighted by atomic mass is 79.9. The highest BCUT2D eigenvalue weighted by Crippen LogP contribution is 2.32. The van der Waals surface area contributed by atoms with Gasteiger partial charge in [-0.05, 0) is 53.2 Å². The van der Waals surface area contributed by atoms with Gasteiger partial charge in [0, 0.05) is 19.0 Å². The molecule has 1 aliphatic rings. The number of benzene rings is 1. The fourth-order valence-corrected chi connectivity index (χ4v) is 2.52. The average Bonchev–Trinajstić information content (AvgIpc) is 3.27. The Bertz CT molecular complexity index is 449. The van der Waals surface area contributed by atoms with Crippen LogP contribution in [-0.4, -0.2) is 25.1 Å². The third-order valence-electron chi connectivity index (χ3n) is 3.43. The van der Waals surface area contributed by atoms with Crippen LogP contribution in [0.4, 0.5) is 0 Å². The monoisotopic (exact) mass is 340 g/mol. The maximum absolute atomic E-state index is 11.8. The fourth-order valence-electron chi connectivity index (χ4n) is 2.12. The molecule has 0 radical (unpaired) electrons. The van der Waals surface area contributed by atoms with Crippen LogP contribution < -0.4 is 15.8 Å². The van der Waals surface area contributed by atoms with Gasteiger partial charge in [-0.15, -0.1) is 0 Å². The molecule has 0 bridgehead atoms. The number of halogens is 1. The first-order valence-electron chi connectivity index (χ1n) is 7.07. The van der Waals surface area contributed by atoms with Crippen molar-refractivity contribution in [2.75, 3.05) is 13.2 Å². The summed E-state index contributed by atoms with van der Waals surface area (Å²) in [6.07, 6.45) is 3.56. The molecular formula is C15H21BrN2O2. The van der Waals surface area contributed by atoms with E-state index in [0.29, 0.717) is 31.9 Å². The normalized spacial score (nSPS) is 15.7. The Morgan fingerprint density at radius 1 is 1.45 bits per heavy atom. The molecule has 0 heterocycles. The Morgan fingerprint density at radius 3 is 2.85 bits per heavy atom. The molecule has 3 N–H and O–H groups in total. The maximum Gasteiger partial charge on any atom is 0.220 e. The third kappa shape index (κ3) is 4.80. The Labute approximate surface area is 128 Å². The zero-order valence-corrected chi connectivity index (χ0v) is 13.1. The summed E-state index contributed by atoms with van der Waals surface area (Å²) >= 11 is 3.42. The van der Waals surface area contributed by atoms with Crippen molar-refractivity contribution in [2.24, 2.45) is 11.7 Å². The number of nitrogens with two attached hydrogens (primary N) is 1. The van der Waals surface area contributed by atoms with Crippen molar-refractivity contribution in [1.29, 1.82) is 0 Å². The van der Waals surface area contributed by atoms with E-state index >= 15 is 0 Å². The fraction of sp³-hybridized carbons (Fsp3) is 0.533. The molecule has 2 rings (SSSR count). The Kier molecular flexibility index (Phi) is 5.86. The lowest BCUT2D eigenvalue weighted by molar-refractivity contribution is -0.122. The average molecular weight is 341 g/mol. The van der Waals surface area contributed by atoms with Crippen LogP contribution in [0.3, 0.4) is 0 Å². The second-order valence-corrected chi connectivity index (χ2v) is 5.98. The van der Waals surface area contributed by atoms with E-state index in [2.05, 4.69) is 21.2 Å². The van der Waals surface area contributed by atoms with Gasteiger partial charge in [-0.3, -0.25) is 4.79 Å². The summed E-state index contributed by atoms with van der Waals surface area (Å²) in [6.45, 7) is 1.07. The van der Waals surface area contributed by atoms with Crippen LogP contribution >= 0.6 is 15.9 Å². The number of carbonyl (C=O) groups excluding carboxylic acids is 1. The minimum absolute atomic E-state index is 0.0723. The van der Waals surface area contributed by atoms with Crippen molar-refractivity contribution in [3.8, 4) is 5.75 Å². The molecule has 0 spiro atoms. The van der Waals surface area contributed by atoms with Gasteiger partial charge in [-0.25, -0.2) is 0 Å². The Hall–Kier alpha value is -1.07. The van der Waals surface area contributed by atoms with Crippen molar-refractivity contribution in [3.05, 3.63) is 28.7 Å². The van der Waals surface area contributed by atoms with Crippen LogP contribution in [0, 0.1) is 5.92 Å². The van der Waals surface area contributed by atoms with Crippen LogP contribution in [0.2, 0.25) is 0 Å². The summed E-state index contributed by atoms with van der Waals surface area (Å²) in [5.41, 5.74) is 5.66. The molecule has 1 aliphatic carbocycles. The van der Waals surface area contributed by atoms with Crippen molar-refractivity contribution < 1.29 is 9.53 Å². The zero-order chi connectivity index (χ0) is 14.4. The van der Waals surface area contributed by atoms with E-state index in [4.69, 9.17) is 10.5 Å². The molecule has 1 aromatic carbocycles. The minimum atomic E-state index is 0.0723. The largest absolute Gasteiger partial charge is 0.492 e. The van der Waals surface area contributed by atoms with Crippen LogP contribution in [0.1, 0.15) is 25.7 Å². The molecule has 0 saturated heterocycles. The van der Waals surface area contributed by atoms with Gasteiger partial charge in [0.1, 0.15) is 5.75 Å². The number of ether oxygens (including phenoxy) is 1. The van der Waals surface area contributed by atoms with E-state index in [1.807, 2.05) is 24.3 Å². The first-order valence-corrected chi connectivity index (χ1v) is 7.86. The molecule has 0 aromatic heterocycles. The first kappa shape index (κ1) is 15.3. The number of hydrogen-bond acceptors (Lipinski definition) is 3. The van der Waals surface area contributed by atoms with Gasteiger partial charge < -0.3 is 15.8 Å². The molecule has 110 valence electrons. The maximum atomic E-state index is 11.8. The summed E-state index contributed by atoms with van der Waals surface area (Å²) in [7, 11) is 0. The van der Waals surface area contributed by atoms with Gasteiger partial charge >= 0.3 is 0 Å². The minimum Gasteiger partial charge on any atom is -0.492 e. The van der Waals surface area contributed by atoms with Gasteiger partial charge in [-0.2, -0.15) is 0 Å². The lowest BCUT2D eigenvalue weighted by Gasteiger charge is -2.16. The van der Waals surface area contributed by atoms with E-state index in [9.17, 15) is 4.79 Å². The van der Waals surface area contributed by atoms with Crippen LogP contribution in [0.15, 0.2) is 28.7 Å². The van der Waals surface area contributed by atoms with E-state index in [1.165, 1.54) is 12.8 Å². The standard InChI is InChI=1S/C15H21BrN2O2/c16-12-4-1-2-5-14(12)20-9-3-6-15(19)18-13(10-17)11-7-8-11/h1-2,4-5,11,13H,3,6-10,17H2,(H,18,19). The molecule has 1 unspecified atom stereocenters.